The molecule has 0 fully saturated rings. The molecule has 0 aliphatic heterocycles. The summed E-state index contributed by atoms with van der Waals surface area (Å²) in [5.41, 5.74) is 1.04. The van der Waals surface area contributed by atoms with Crippen LogP contribution in [0.25, 0.3) is 0 Å². The molecule has 0 aliphatic rings. The molecule has 1 aromatic rings. The molecule has 0 bridgehead atoms. The lowest BCUT2D eigenvalue weighted by molar-refractivity contribution is -0.136. The molecule has 18 heavy (non-hydrogen) atoms. The van der Waals surface area contributed by atoms with E-state index in [4.69, 9.17) is 0 Å². The quantitative estimate of drug-likeness (QED) is 0.883. The maximum atomic E-state index is 12.2. The highest BCUT2D eigenvalue weighted by Gasteiger charge is 2.30. The first-order valence-corrected chi connectivity index (χ1v) is 5.88. The fraction of sp³-hybridized carbons (Fsp3) is 0.615. The molecule has 2 nitrogen and oxygen atoms in total. The minimum Gasteiger partial charge on any atom is -0.367 e. The van der Waals surface area contributed by atoms with Crippen molar-refractivity contribution in [2.24, 2.45) is 0 Å². The van der Waals surface area contributed by atoms with Crippen LogP contribution in [0.15, 0.2) is 18.3 Å². The molecule has 0 aliphatic carbocycles. The average Bonchev–Trinajstić information content (AvgIpc) is 2.13. The molecule has 0 saturated heterocycles. The Balaban J connectivity index is 2.64. The van der Waals surface area contributed by atoms with Crippen molar-refractivity contribution < 1.29 is 13.2 Å². The lowest BCUT2D eigenvalue weighted by Gasteiger charge is -2.20. The van der Waals surface area contributed by atoms with Crippen molar-refractivity contribution in [1.82, 2.24) is 4.98 Å². The molecule has 0 saturated carbocycles. The molecule has 0 radical (unpaired) electrons. The second-order valence-electron chi connectivity index (χ2n) is 5.55. The SMILES string of the molecule is CC(CC(F)(F)F)Nc1ccc(C(C)(C)C)cn1. The first-order chi connectivity index (χ1) is 8.08. The lowest BCUT2D eigenvalue weighted by atomic mass is 9.88. The van der Waals surface area contributed by atoms with Crippen molar-refractivity contribution in [3.8, 4) is 0 Å². The van der Waals surface area contributed by atoms with E-state index in [1.54, 1.807) is 12.3 Å². The summed E-state index contributed by atoms with van der Waals surface area (Å²) in [4.78, 5) is 4.14. The van der Waals surface area contributed by atoms with Crippen LogP contribution in [0, 0.1) is 0 Å². The van der Waals surface area contributed by atoms with Gasteiger partial charge < -0.3 is 5.32 Å². The van der Waals surface area contributed by atoms with E-state index in [0.29, 0.717) is 5.82 Å². The van der Waals surface area contributed by atoms with Crippen LogP contribution in [-0.2, 0) is 5.41 Å². The van der Waals surface area contributed by atoms with Gasteiger partial charge in [0.1, 0.15) is 5.82 Å². The Hall–Kier alpha value is -1.26. The third kappa shape index (κ3) is 4.94. The zero-order valence-electron chi connectivity index (χ0n) is 11.1. The van der Waals surface area contributed by atoms with Crippen molar-refractivity contribution in [2.75, 3.05) is 5.32 Å². The number of aromatic nitrogens is 1. The maximum absolute atomic E-state index is 12.2. The molecule has 5 heteroatoms. The third-order valence-corrected chi connectivity index (χ3v) is 2.56. The molecule has 1 aromatic heterocycles. The van der Waals surface area contributed by atoms with E-state index in [1.807, 2.05) is 6.07 Å². The monoisotopic (exact) mass is 260 g/mol. The van der Waals surface area contributed by atoms with Gasteiger partial charge in [0.05, 0.1) is 6.42 Å². The zero-order chi connectivity index (χ0) is 14.0. The van der Waals surface area contributed by atoms with E-state index in [1.165, 1.54) is 6.92 Å². The van der Waals surface area contributed by atoms with E-state index in [9.17, 15) is 13.2 Å². The summed E-state index contributed by atoms with van der Waals surface area (Å²) in [7, 11) is 0. The van der Waals surface area contributed by atoms with Gasteiger partial charge in [0.15, 0.2) is 0 Å². The van der Waals surface area contributed by atoms with Crippen molar-refractivity contribution in [1.29, 1.82) is 0 Å². The minimum atomic E-state index is -4.15. The first kappa shape index (κ1) is 14.8. The van der Waals surface area contributed by atoms with E-state index < -0.39 is 18.6 Å². The normalized spacial score (nSPS) is 14.4. The topological polar surface area (TPSA) is 24.9 Å². The van der Waals surface area contributed by atoms with Gasteiger partial charge in [0.25, 0.3) is 0 Å². The summed E-state index contributed by atoms with van der Waals surface area (Å²) >= 11 is 0. The molecule has 1 atom stereocenters. The molecule has 102 valence electrons. The first-order valence-electron chi connectivity index (χ1n) is 5.88. The molecule has 1 rings (SSSR count). The van der Waals surface area contributed by atoms with Gasteiger partial charge in [0, 0.05) is 12.2 Å². The van der Waals surface area contributed by atoms with Crippen LogP contribution < -0.4 is 5.32 Å². The van der Waals surface area contributed by atoms with Gasteiger partial charge in [0.2, 0.25) is 0 Å². The molecule has 0 amide bonds. The van der Waals surface area contributed by atoms with Crippen molar-refractivity contribution in [3.05, 3.63) is 23.9 Å². The summed E-state index contributed by atoms with van der Waals surface area (Å²) in [5.74, 6) is 0.472. The Kier molecular flexibility index (Phi) is 4.24. The molecular weight excluding hydrogens is 241 g/mol. The van der Waals surface area contributed by atoms with Crippen molar-refractivity contribution >= 4 is 5.82 Å². The molecule has 0 spiro atoms. The number of nitrogens with one attached hydrogen (secondary N) is 1. The number of halogens is 3. The smallest absolute Gasteiger partial charge is 0.367 e. The highest BCUT2D eigenvalue weighted by atomic mass is 19.4. The number of anilines is 1. The Labute approximate surface area is 106 Å². The van der Waals surface area contributed by atoms with Gasteiger partial charge in [-0.05, 0) is 24.0 Å². The number of rotatable bonds is 3. The standard InChI is InChI=1S/C13H19F3N2/c1-9(7-13(14,15)16)18-11-6-5-10(8-17-11)12(2,3)4/h5-6,8-9H,7H2,1-4H3,(H,17,18). The second-order valence-corrected chi connectivity index (χ2v) is 5.55. The van der Waals surface area contributed by atoms with Crippen LogP contribution in [0.5, 0.6) is 0 Å². The number of hydrogen-bond acceptors (Lipinski definition) is 2. The second kappa shape index (κ2) is 5.16. The van der Waals surface area contributed by atoms with Crippen molar-refractivity contribution in [2.45, 2.75) is 51.7 Å². The van der Waals surface area contributed by atoms with Crippen LogP contribution in [0.1, 0.15) is 39.7 Å². The van der Waals surface area contributed by atoms with Gasteiger partial charge in [-0.15, -0.1) is 0 Å². The van der Waals surface area contributed by atoms with E-state index in [0.717, 1.165) is 5.56 Å². The van der Waals surface area contributed by atoms with E-state index in [2.05, 4.69) is 31.1 Å². The van der Waals surface area contributed by atoms with Gasteiger partial charge in [-0.2, -0.15) is 13.2 Å². The average molecular weight is 260 g/mol. The molecule has 1 unspecified atom stereocenters. The summed E-state index contributed by atoms with van der Waals surface area (Å²) in [5, 5.41) is 2.75. The lowest BCUT2D eigenvalue weighted by Crippen LogP contribution is -2.24. The maximum Gasteiger partial charge on any atom is 0.391 e. The molecule has 1 heterocycles. The predicted molar refractivity (Wildman–Crippen MR) is 66.7 cm³/mol. The largest absolute Gasteiger partial charge is 0.391 e. The zero-order valence-corrected chi connectivity index (χ0v) is 11.1. The van der Waals surface area contributed by atoms with Gasteiger partial charge in [-0.1, -0.05) is 26.8 Å². The fourth-order valence-electron chi connectivity index (χ4n) is 1.57. The van der Waals surface area contributed by atoms with Gasteiger partial charge in [-0.25, -0.2) is 4.98 Å². The predicted octanol–water partition coefficient (Wildman–Crippen LogP) is 4.13. The molecule has 1 N–H and O–H groups in total. The highest BCUT2D eigenvalue weighted by molar-refractivity contribution is 5.37. The number of alkyl halides is 3. The fourth-order valence-corrected chi connectivity index (χ4v) is 1.57. The Morgan fingerprint density at radius 2 is 1.83 bits per heavy atom. The Bertz CT molecular complexity index is 377. The van der Waals surface area contributed by atoms with Crippen LogP contribution in [-0.4, -0.2) is 17.2 Å². The highest BCUT2D eigenvalue weighted by Crippen LogP contribution is 2.24. The summed E-state index contributed by atoms with van der Waals surface area (Å²) < 4.78 is 36.5. The number of hydrogen-bond donors (Lipinski definition) is 1. The van der Waals surface area contributed by atoms with Crippen LogP contribution >= 0.6 is 0 Å². The van der Waals surface area contributed by atoms with E-state index >= 15 is 0 Å². The van der Waals surface area contributed by atoms with Crippen LogP contribution in [0.2, 0.25) is 0 Å². The minimum absolute atomic E-state index is 0.0108. The van der Waals surface area contributed by atoms with Gasteiger partial charge in [-0.3, -0.25) is 0 Å². The van der Waals surface area contributed by atoms with E-state index in [-0.39, 0.29) is 5.41 Å². The molecule has 0 aromatic carbocycles. The van der Waals surface area contributed by atoms with Crippen LogP contribution in [0.3, 0.4) is 0 Å². The van der Waals surface area contributed by atoms with Crippen molar-refractivity contribution in [3.63, 3.8) is 0 Å². The van der Waals surface area contributed by atoms with Gasteiger partial charge >= 0.3 is 6.18 Å². The summed E-state index contributed by atoms with van der Waals surface area (Å²) in [6.07, 6.45) is -3.32. The Morgan fingerprint density at radius 1 is 1.22 bits per heavy atom. The third-order valence-electron chi connectivity index (χ3n) is 2.56. The summed E-state index contributed by atoms with van der Waals surface area (Å²) in [6, 6.07) is 2.92. The number of pyridine rings is 1. The van der Waals surface area contributed by atoms with Crippen LogP contribution in [0.4, 0.5) is 19.0 Å². The summed E-state index contributed by atoms with van der Waals surface area (Å²) in [6.45, 7) is 7.67. The number of nitrogens with zero attached hydrogens (tertiary/aromatic N) is 1. The molecular formula is C13H19F3N2. The Morgan fingerprint density at radius 3 is 2.22 bits per heavy atom.